The van der Waals surface area contributed by atoms with Crippen molar-refractivity contribution >= 4 is 21.3 Å². The SMILES string of the molecule is CCCOc1cc(OS(C)(=O)=O)ccc1-c1nc2cnc(OC)nc2[nH]1. The molecular weight excluding hydrogens is 360 g/mol. The van der Waals surface area contributed by atoms with Crippen LogP contribution in [0.3, 0.4) is 0 Å². The molecule has 9 nitrogen and oxygen atoms in total. The molecule has 0 aliphatic rings. The van der Waals surface area contributed by atoms with Gasteiger partial charge in [-0.2, -0.15) is 13.4 Å². The summed E-state index contributed by atoms with van der Waals surface area (Å²) in [5, 5.41) is 0. The number of rotatable bonds is 7. The van der Waals surface area contributed by atoms with Gasteiger partial charge in [0.05, 0.1) is 31.7 Å². The third-order valence-electron chi connectivity index (χ3n) is 3.32. The highest BCUT2D eigenvalue weighted by atomic mass is 32.2. The molecule has 0 aliphatic heterocycles. The summed E-state index contributed by atoms with van der Waals surface area (Å²) in [6.07, 6.45) is 3.33. The molecule has 3 rings (SSSR count). The minimum absolute atomic E-state index is 0.167. The van der Waals surface area contributed by atoms with Crippen molar-refractivity contribution in [3.05, 3.63) is 24.4 Å². The van der Waals surface area contributed by atoms with Crippen LogP contribution in [0.4, 0.5) is 0 Å². The second-order valence-corrected chi connectivity index (χ2v) is 7.04. The predicted molar refractivity (Wildman–Crippen MR) is 94.9 cm³/mol. The fourth-order valence-corrected chi connectivity index (χ4v) is 2.73. The molecule has 0 saturated heterocycles. The first-order valence-electron chi connectivity index (χ1n) is 7.83. The minimum atomic E-state index is -3.63. The zero-order valence-corrected chi connectivity index (χ0v) is 15.3. The smallest absolute Gasteiger partial charge is 0.318 e. The maximum absolute atomic E-state index is 11.4. The second-order valence-electron chi connectivity index (χ2n) is 5.47. The lowest BCUT2D eigenvalue weighted by atomic mass is 10.2. The lowest BCUT2D eigenvalue weighted by Gasteiger charge is -2.11. The van der Waals surface area contributed by atoms with Crippen LogP contribution in [0, 0.1) is 0 Å². The van der Waals surface area contributed by atoms with Gasteiger partial charge in [-0.25, -0.2) is 9.97 Å². The van der Waals surface area contributed by atoms with Gasteiger partial charge in [0, 0.05) is 6.07 Å². The molecule has 0 unspecified atom stereocenters. The van der Waals surface area contributed by atoms with Gasteiger partial charge in [-0.15, -0.1) is 0 Å². The molecule has 0 atom stereocenters. The van der Waals surface area contributed by atoms with E-state index in [4.69, 9.17) is 13.7 Å². The molecule has 3 aromatic rings. The van der Waals surface area contributed by atoms with Crippen LogP contribution in [0.25, 0.3) is 22.6 Å². The summed E-state index contributed by atoms with van der Waals surface area (Å²) in [6, 6.07) is 4.96. The lowest BCUT2D eigenvalue weighted by Crippen LogP contribution is -2.06. The lowest BCUT2D eigenvalue weighted by molar-refractivity contribution is 0.317. The van der Waals surface area contributed by atoms with Crippen molar-refractivity contribution in [3.8, 4) is 28.9 Å². The summed E-state index contributed by atoms with van der Waals surface area (Å²) in [5.41, 5.74) is 1.74. The van der Waals surface area contributed by atoms with E-state index in [0.717, 1.165) is 12.7 Å². The minimum Gasteiger partial charge on any atom is -0.493 e. The summed E-state index contributed by atoms with van der Waals surface area (Å²) >= 11 is 0. The molecule has 10 heteroatoms. The van der Waals surface area contributed by atoms with Crippen molar-refractivity contribution in [2.45, 2.75) is 13.3 Å². The predicted octanol–water partition coefficient (Wildman–Crippen LogP) is 2.16. The molecule has 0 saturated carbocycles. The second kappa shape index (κ2) is 7.16. The van der Waals surface area contributed by atoms with Crippen LogP contribution in [0.5, 0.6) is 17.5 Å². The number of aromatic amines is 1. The fourth-order valence-electron chi connectivity index (χ4n) is 2.28. The van der Waals surface area contributed by atoms with Crippen LogP contribution in [0.2, 0.25) is 0 Å². The molecule has 2 aromatic heterocycles. The van der Waals surface area contributed by atoms with Crippen molar-refractivity contribution in [2.24, 2.45) is 0 Å². The summed E-state index contributed by atoms with van der Waals surface area (Å²) in [4.78, 5) is 15.8. The number of H-pyrrole nitrogens is 1. The van der Waals surface area contributed by atoms with E-state index in [9.17, 15) is 8.42 Å². The van der Waals surface area contributed by atoms with Gasteiger partial charge < -0.3 is 18.6 Å². The van der Waals surface area contributed by atoms with Crippen LogP contribution in [0.15, 0.2) is 24.4 Å². The number of hydrogen-bond donors (Lipinski definition) is 1. The highest BCUT2D eigenvalue weighted by Crippen LogP contribution is 2.33. The Labute approximate surface area is 150 Å². The van der Waals surface area contributed by atoms with Crippen LogP contribution in [-0.2, 0) is 10.1 Å². The Morgan fingerprint density at radius 3 is 2.73 bits per heavy atom. The Morgan fingerprint density at radius 1 is 1.23 bits per heavy atom. The Hall–Kier alpha value is -2.88. The average molecular weight is 378 g/mol. The quantitative estimate of drug-likeness (QED) is 0.622. The third-order valence-corrected chi connectivity index (χ3v) is 3.81. The van der Waals surface area contributed by atoms with Gasteiger partial charge in [0.15, 0.2) is 5.65 Å². The van der Waals surface area contributed by atoms with Crippen molar-refractivity contribution in [2.75, 3.05) is 20.0 Å². The maximum Gasteiger partial charge on any atom is 0.318 e. The standard InChI is InChI=1S/C16H18N4O5S/c1-4-7-24-13-8-10(25-26(3,21)22)5-6-11(13)14-18-12-9-17-16(23-2)20-15(12)19-14/h5-6,8-9H,4,7H2,1-3H3,(H,17,18,19,20). The number of hydrogen-bond acceptors (Lipinski definition) is 8. The molecule has 0 fully saturated rings. The van der Waals surface area contributed by atoms with Crippen molar-refractivity contribution in [1.29, 1.82) is 0 Å². The van der Waals surface area contributed by atoms with E-state index >= 15 is 0 Å². The highest BCUT2D eigenvalue weighted by molar-refractivity contribution is 7.86. The number of imidazole rings is 1. The fraction of sp³-hybridized carbons (Fsp3) is 0.312. The molecule has 0 spiro atoms. The van der Waals surface area contributed by atoms with Crippen LogP contribution >= 0.6 is 0 Å². The van der Waals surface area contributed by atoms with Crippen molar-refractivity contribution in [3.63, 3.8) is 0 Å². The van der Waals surface area contributed by atoms with E-state index in [1.165, 1.54) is 19.2 Å². The van der Waals surface area contributed by atoms with E-state index in [0.29, 0.717) is 34.9 Å². The normalized spacial score (nSPS) is 11.5. The summed E-state index contributed by atoms with van der Waals surface area (Å²) in [6.45, 7) is 2.43. The first kappa shape index (κ1) is 17.9. The maximum atomic E-state index is 11.4. The Bertz CT molecular complexity index is 1030. The molecule has 1 N–H and O–H groups in total. The zero-order valence-electron chi connectivity index (χ0n) is 14.5. The number of nitrogens with zero attached hydrogens (tertiary/aromatic N) is 3. The van der Waals surface area contributed by atoms with E-state index in [1.54, 1.807) is 12.3 Å². The van der Waals surface area contributed by atoms with Gasteiger partial charge in [-0.3, -0.25) is 0 Å². The van der Waals surface area contributed by atoms with Gasteiger partial charge >= 0.3 is 16.1 Å². The van der Waals surface area contributed by atoms with E-state index < -0.39 is 10.1 Å². The molecule has 0 aliphatic carbocycles. The summed E-state index contributed by atoms with van der Waals surface area (Å²) < 4.78 is 38.4. The summed E-state index contributed by atoms with van der Waals surface area (Å²) in [5.74, 6) is 1.13. The number of nitrogens with one attached hydrogen (secondary N) is 1. The Balaban J connectivity index is 2.04. The number of benzene rings is 1. The van der Waals surface area contributed by atoms with E-state index in [2.05, 4.69) is 19.9 Å². The van der Waals surface area contributed by atoms with Gasteiger partial charge in [-0.1, -0.05) is 6.92 Å². The summed E-state index contributed by atoms with van der Waals surface area (Å²) in [7, 11) is -2.15. The van der Waals surface area contributed by atoms with Gasteiger partial charge in [0.1, 0.15) is 22.8 Å². The number of aromatic nitrogens is 4. The molecule has 1 aromatic carbocycles. The van der Waals surface area contributed by atoms with Crippen LogP contribution < -0.4 is 13.7 Å². The zero-order chi connectivity index (χ0) is 18.7. The Morgan fingerprint density at radius 2 is 2.04 bits per heavy atom. The van der Waals surface area contributed by atoms with Gasteiger partial charge in [-0.05, 0) is 18.6 Å². The number of fused-ring (bicyclic) bond motifs is 1. The molecule has 138 valence electrons. The van der Waals surface area contributed by atoms with E-state index in [-0.39, 0.29) is 11.8 Å². The molecule has 0 amide bonds. The van der Waals surface area contributed by atoms with Gasteiger partial charge in [0.2, 0.25) is 0 Å². The molecule has 26 heavy (non-hydrogen) atoms. The van der Waals surface area contributed by atoms with Crippen molar-refractivity contribution in [1.82, 2.24) is 19.9 Å². The topological polar surface area (TPSA) is 116 Å². The number of methoxy groups -OCH3 is 1. The third kappa shape index (κ3) is 4.02. The first-order valence-corrected chi connectivity index (χ1v) is 9.64. The van der Waals surface area contributed by atoms with Crippen molar-refractivity contribution < 1.29 is 22.1 Å². The average Bonchev–Trinajstić information content (AvgIpc) is 3.01. The molecule has 0 bridgehead atoms. The highest BCUT2D eigenvalue weighted by Gasteiger charge is 2.15. The van der Waals surface area contributed by atoms with Crippen LogP contribution in [0.1, 0.15) is 13.3 Å². The number of ether oxygens (including phenoxy) is 2. The largest absolute Gasteiger partial charge is 0.493 e. The monoisotopic (exact) mass is 378 g/mol. The Kier molecular flexibility index (Phi) is 4.94. The molecule has 2 heterocycles. The van der Waals surface area contributed by atoms with E-state index in [1.807, 2.05) is 6.92 Å². The molecule has 0 radical (unpaired) electrons. The van der Waals surface area contributed by atoms with Crippen LogP contribution in [-0.4, -0.2) is 48.3 Å². The van der Waals surface area contributed by atoms with Gasteiger partial charge in [0.25, 0.3) is 0 Å². The first-order chi connectivity index (χ1) is 12.4. The molecular formula is C16H18N4O5S.